The molecule has 1 N–H and O–H groups in total. The van der Waals surface area contributed by atoms with Crippen molar-refractivity contribution < 1.29 is 4.79 Å². The quantitative estimate of drug-likeness (QED) is 0.533. The van der Waals surface area contributed by atoms with Crippen LogP contribution in [0, 0.1) is 0 Å². The van der Waals surface area contributed by atoms with Crippen LogP contribution >= 0.6 is 0 Å². The maximum absolute atomic E-state index is 11.7. The fourth-order valence-corrected chi connectivity index (χ4v) is 2.93. The van der Waals surface area contributed by atoms with Crippen LogP contribution in [0.2, 0.25) is 0 Å². The van der Waals surface area contributed by atoms with Crippen molar-refractivity contribution in [1.29, 1.82) is 0 Å². The van der Waals surface area contributed by atoms with Crippen LogP contribution in [0.1, 0.15) is 23.0 Å². The van der Waals surface area contributed by atoms with Crippen LogP contribution in [0.3, 0.4) is 0 Å². The summed E-state index contributed by atoms with van der Waals surface area (Å²) in [5.41, 5.74) is 4.23. The second-order valence-electron chi connectivity index (χ2n) is 6.27. The molecule has 4 aromatic rings. The fraction of sp³-hybridized carbons (Fsp3) is 0.143. The van der Waals surface area contributed by atoms with Crippen molar-refractivity contribution in [3.63, 3.8) is 0 Å². The molecule has 3 heterocycles. The number of anilines is 1. The Balaban J connectivity index is 1.58. The number of carbonyl (C=O) groups is 1. The highest BCUT2D eigenvalue weighted by molar-refractivity contribution is 5.95. The monoisotopic (exact) mass is 357 g/mol. The average molecular weight is 357 g/mol. The molecule has 0 bridgehead atoms. The van der Waals surface area contributed by atoms with Crippen LogP contribution in [0.25, 0.3) is 16.9 Å². The molecule has 0 atom stereocenters. The molecule has 134 valence electrons. The SMILES string of the molecule is CC(=O)c1cccc(-c2cnc3ccc(NCCc4ccccn4)nn23)c1. The number of nitrogens with zero attached hydrogens (tertiary/aromatic N) is 4. The van der Waals surface area contributed by atoms with E-state index in [9.17, 15) is 4.79 Å². The Morgan fingerprint density at radius 2 is 2.00 bits per heavy atom. The minimum atomic E-state index is 0.0375. The van der Waals surface area contributed by atoms with Crippen LogP contribution in [0.15, 0.2) is 67.0 Å². The van der Waals surface area contributed by atoms with Gasteiger partial charge in [0.1, 0.15) is 5.82 Å². The van der Waals surface area contributed by atoms with E-state index in [-0.39, 0.29) is 5.78 Å². The first-order chi connectivity index (χ1) is 13.2. The Hall–Kier alpha value is -3.54. The predicted molar refractivity (Wildman–Crippen MR) is 105 cm³/mol. The predicted octanol–water partition coefficient (Wildman–Crippen LogP) is 3.65. The number of hydrogen-bond acceptors (Lipinski definition) is 5. The molecule has 0 unspecified atom stereocenters. The molecule has 0 saturated heterocycles. The number of aromatic nitrogens is 4. The number of Topliss-reactive ketones (excluding diaryl/α,β-unsaturated/α-hetero) is 1. The summed E-state index contributed by atoms with van der Waals surface area (Å²) in [6, 6.07) is 17.3. The lowest BCUT2D eigenvalue weighted by Crippen LogP contribution is -2.09. The topological polar surface area (TPSA) is 72.2 Å². The van der Waals surface area contributed by atoms with Gasteiger partial charge < -0.3 is 5.32 Å². The summed E-state index contributed by atoms with van der Waals surface area (Å²) >= 11 is 0. The minimum absolute atomic E-state index is 0.0375. The van der Waals surface area contributed by atoms with Crippen LogP contribution < -0.4 is 5.32 Å². The zero-order chi connectivity index (χ0) is 18.6. The summed E-state index contributed by atoms with van der Waals surface area (Å²) in [5.74, 6) is 0.802. The van der Waals surface area contributed by atoms with E-state index in [0.717, 1.165) is 41.4 Å². The molecule has 0 spiro atoms. The molecule has 0 aliphatic carbocycles. The summed E-state index contributed by atoms with van der Waals surface area (Å²) in [6.07, 6.45) is 4.39. The van der Waals surface area contributed by atoms with Gasteiger partial charge in [0.05, 0.1) is 11.9 Å². The lowest BCUT2D eigenvalue weighted by molar-refractivity contribution is 0.101. The Kier molecular flexibility index (Phi) is 4.61. The Bertz CT molecular complexity index is 1090. The van der Waals surface area contributed by atoms with E-state index >= 15 is 0 Å². The largest absolute Gasteiger partial charge is 0.368 e. The molecule has 4 rings (SSSR count). The van der Waals surface area contributed by atoms with E-state index in [4.69, 9.17) is 0 Å². The number of benzene rings is 1. The van der Waals surface area contributed by atoms with Gasteiger partial charge in [-0.2, -0.15) is 0 Å². The summed E-state index contributed by atoms with van der Waals surface area (Å²) in [7, 11) is 0. The Morgan fingerprint density at radius 3 is 2.81 bits per heavy atom. The van der Waals surface area contributed by atoms with Gasteiger partial charge in [-0.15, -0.1) is 5.10 Å². The van der Waals surface area contributed by atoms with E-state index < -0.39 is 0 Å². The second kappa shape index (κ2) is 7.37. The normalized spacial score (nSPS) is 10.9. The third-order valence-electron chi connectivity index (χ3n) is 4.34. The van der Waals surface area contributed by atoms with Gasteiger partial charge in [-0.1, -0.05) is 24.3 Å². The molecular weight excluding hydrogens is 338 g/mol. The lowest BCUT2D eigenvalue weighted by atomic mass is 10.1. The summed E-state index contributed by atoms with van der Waals surface area (Å²) in [4.78, 5) is 20.4. The summed E-state index contributed by atoms with van der Waals surface area (Å²) in [6.45, 7) is 2.30. The zero-order valence-corrected chi connectivity index (χ0v) is 15.0. The van der Waals surface area contributed by atoms with Gasteiger partial charge in [-0.3, -0.25) is 9.78 Å². The molecule has 0 aliphatic heterocycles. The minimum Gasteiger partial charge on any atom is -0.368 e. The van der Waals surface area contributed by atoms with E-state index in [1.54, 1.807) is 23.8 Å². The van der Waals surface area contributed by atoms with Gasteiger partial charge in [-0.25, -0.2) is 9.50 Å². The first-order valence-corrected chi connectivity index (χ1v) is 8.81. The zero-order valence-electron chi connectivity index (χ0n) is 15.0. The van der Waals surface area contributed by atoms with Crippen LogP contribution in [0.5, 0.6) is 0 Å². The third-order valence-corrected chi connectivity index (χ3v) is 4.34. The fourth-order valence-electron chi connectivity index (χ4n) is 2.93. The first-order valence-electron chi connectivity index (χ1n) is 8.81. The lowest BCUT2D eigenvalue weighted by Gasteiger charge is -2.07. The van der Waals surface area contributed by atoms with Gasteiger partial charge in [-0.05, 0) is 37.3 Å². The Morgan fingerprint density at radius 1 is 1.07 bits per heavy atom. The standard InChI is InChI=1S/C21H19N5O/c1-15(27)16-5-4-6-17(13-16)19-14-24-21-9-8-20(25-26(19)21)23-12-10-18-7-2-3-11-22-18/h2-9,11,13-14H,10,12H2,1H3,(H,23,25). The maximum Gasteiger partial charge on any atom is 0.159 e. The number of fused-ring (bicyclic) bond motifs is 1. The number of pyridine rings is 1. The van der Waals surface area contributed by atoms with E-state index in [1.807, 2.05) is 54.6 Å². The van der Waals surface area contributed by atoms with Crippen molar-refractivity contribution >= 4 is 17.2 Å². The van der Waals surface area contributed by atoms with E-state index in [0.29, 0.717) is 5.56 Å². The first kappa shape index (κ1) is 16.9. The molecule has 0 saturated carbocycles. The Labute approximate surface area is 156 Å². The average Bonchev–Trinajstić information content (AvgIpc) is 3.12. The molecule has 1 aromatic carbocycles. The smallest absolute Gasteiger partial charge is 0.159 e. The third kappa shape index (κ3) is 3.69. The molecule has 0 aliphatic rings. The van der Waals surface area contributed by atoms with E-state index in [1.165, 1.54) is 0 Å². The van der Waals surface area contributed by atoms with Gasteiger partial charge in [0.2, 0.25) is 0 Å². The molecule has 3 aromatic heterocycles. The molecule has 0 amide bonds. The van der Waals surface area contributed by atoms with Crippen LogP contribution in [0.4, 0.5) is 5.82 Å². The van der Waals surface area contributed by atoms with Gasteiger partial charge in [0.25, 0.3) is 0 Å². The highest BCUT2D eigenvalue weighted by Gasteiger charge is 2.10. The highest BCUT2D eigenvalue weighted by atomic mass is 16.1. The molecule has 6 heteroatoms. The van der Waals surface area contributed by atoms with Gasteiger partial charge in [0, 0.05) is 36.0 Å². The molecule has 6 nitrogen and oxygen atoms in total. The van der Waals surface area contributed by atoms with Crippen LogP contribution in [-0.4, -0.2) is 31.9 Å². The van der Waals surface area contributed by atoms with Crippen LogP contribution in [-0.2, 0) is 6.42 Å². The summed E-state index contributed by atoms with van der Waals surface area (Å²) < 4.78 is 1.79. The number of ketones is 1. The number of nitrogens with one attached hydrogen (secondary N) is 1. The number of carbonyl (C=O) groups excluding carboxylic acids is 1. The highest BCUT2D eigenvalue weighted by Crippen LogP contribution is 2.22. The molecule has 0 radical (unpaired) electrons. The van der Waals surface area contributed by atoms with Crippen molar-refractivity contribution in [2.75, 3.05) is 11.9 Å². The molecular formula is C21H19N5O. The number of hydrogen-bond donors (Lipinski definition) is 1. The number of imidazole rings is 1. The van der Waals surface area contributed by atoms with Crippen molar-refractivity contribution in [3.05, 3.63) is 78.2 Å². The van der Waals surface area contributed by atoms with Crippen molar-refractivity contribution in [2.24, 2.45) is 0 Å². The van der Waals surface area contributed by atoms with Gasteiger partial charge in [0.15, 0.2) is 11.4 Å². The van der Waals surface area contributed by atoms with E-state index in [2.05, 4.69) is 20.4 Å². The van der Waals surface area contributed by atoms with Gasteiger partial charge >= 0.3 is 0 Å². The van der Waals surface area contributed by atoms with Crippen molar-refractivity contribution in [3.8, 4) is 11.3 Å². The second-order valence-corrected chi connectivity index (χ2v) is 6.27. The number of rotatable bonds is 6. The molecule has 0 fully saturated rings. The van der Waals surface area contributed by atoms with Crippen molar-refractivity contribution in [2.45, 2.75) is 13.3 Å². The van der Waals surface area contributed by atoms with Crippen molar-refractivity contribution in [1.82, 2.24) is 19.6 Å². The molecule has 27 heavy (non-hydrogen) atoms. The maximum atomic E-state index is 11.7. The summed E-state index contributed by atoms with van der Waals surface area (Å²) in [5, 5.41) is 7.98.